The number of rotatable bonds is 37. The number of H-pyrrole nitrogens is 1. The van der Waals surface area contributed by atoms with E-state index in [0.717, 1.165) is 0 Å². The molecule has 1 N–H and O–H groups in total. The minimum atomic E-state index is 0.618. The number of nitrogens with one attached hydrogen (secondary N) is 1. The largest absolute Gasteiger partial charge is 0.257 e. The van der Waals surface area contributed by atoms with E-state index in [2.05, 4.69) is 49.6 Å². The van der Waals surface area contributed by atoms with E-state index in [1.54, 1.807) is 0 Å². The highest BCUT2D eigenvalue weighted by molar-refractivity contribution is 4.90. The van der Waals surface area contributed by atoms with Crippen LogP contribution in [0.5, 0.6) is 0 Å². The van der Waals surface area contributed by atoms with Crippen LogP contribution >= 0.6 is 0 Å². The molecule has 2 heteroatoms. The zero-order valence-electron chi connectivity index (χ0n) is 32.5. The van der Waals surface area contributed by atoms with Gasteiger partial charge in [0, 0.05) is 0 Å². The summed E-state index contributed by atoms with van der Waals surface area (Å²) < 4.78 is 2.65. The van der Waals surface area contributed by atoms with E-state index in [1.165, 1.54) is 231 Å². The fourth-order valence-electron chi connectivity index (χ4n) is 7.66. The third-order valence-electron chi connectivity index (χ3n) is 10.9. The zero-order valence-corrected chi connectivity index (χ0v) is 32.5. The SMILES string of the molecule is CCCCCCCCCCCCCCCC(CCCCCCCCC)c1[nH]cc[n+]1C(C)CCCCCCCCCCCCCC. The van der Waals surface area contributed by atoms with Crippen molar-refractivity contribution in [3.05, 3.63) is 18.2 Å². The van der Waals surface area contributed by atoms with Crippen molar-refractivity contribution in [1.29, 1.82) is 0 Å². The van der Waals surface area contributed by atoms with Crippen LogP contribution in [0.15, 0.2) is 12.4 Å². The van der Waals surface area contributed by atoms with Gasteiger partial charge in [-0.1, -0.05) is 220 Å². The molecule has 0 saturated heterocycles. The molecule has 1 aromatic heterocycles. The quantitative estimate of drug-likeness (QED) is 0.0550. The Hall–Kier alpha value is -0.790. The Morgan fingerprint density at radius 2 is 0.696 bits per heavy atom. The summed E-state index contributed by atoms with van der Waals surface area (Å²) in [7, 11) is 0. The molecule has 1 heterocycles. The second kappa shape index (κ2) is 34.1. The van der Waals surface area contributed by atoms with E-state index in [0.29, 0.717) is 12.0 Å². The van der Waals surface area contributed by atoms with Crippen molar-refractivity contribution < 1.29 is 4.57 Å². The van der Waals surface area contributed by atoms with Gasteiger partial charge >= 0.3 is 0 Å². The average molecular weight is 644 g/mol. The maximum absolute atomic E-state index is 3.76. The molecule has 0 fully saturated rings. The second-order valence-corrected chi connectivity index (χ2v) is 15.4. The highest BCUT2D eigenvalue weighted by Gasteiger charge is 2.25. The van der Waals surface area contributed by atoms with Gasteiger partial charge in [0.2, 0.25) is 0 Å². The second-order valence-electron chi connectivity index (χ2n) is 15.4. The molecule has 1 rings (SSSR count). The van der Waals surface area contributed by atoms with E-state index in [9.17, 15) is 0 Å². The normalized spacial score (nSPS) is 13.0. The van der Waals surface area contributed by atoms with E-state index < -0.39 is 0 Å². The summed E-state index contributed by atoms with van der Waals surface area (Å²) in [6.07, 6.45) is 54.6. The summed E-state index contributed by atoms with van der Waals surface area (Å²) >= 11 is 0. The van der Waals surface area contributed by atoms with Gasteiger partial charge in [-0.25, -0.2) is 9.55 Å². The Kier molecular flexibility index (Phi) is 32.0. The lowest BCUT2D eigenvalue weighted by atomic mass is 9.92. The Balaban J connectivity index is 2.35. The Morgan fingerprint density at radius 3 is 1.02 bits per heavy atom. The van der Waals surface area contributed by atoms with Gasteiger partial charge in [0.15, 0.2) is 0 Å². The monoisotopic (exact) mass is 644 g/mol. The van der Waals surface area contributed by atoms with Gasteiger partial charge in [0.25, 0.3) is 5.82 Å². The van der Waals surface area contributed by atoms with Crippen molar-refractivity contribution in [2.24, 2.45) is 0 Å². The lowest BCUT2D eigenvalue weighted by Gasteiger charge is -2.17. The first kappa shape index (κ1) is 43.2. The van der Waals surface area contributed by atoms with Gasteiger partial charge < -0.3 is 0 Å². The number of hydrogen-bond acceptors (Lipinski definition) is 0. The lowest BCUT2D eigenvalue weighted by Crippen LogP contribution is -2.41. The molecule has 272 valence electrons. The molecular weight excluding hydrogens is 556 g/mol. The summed E-state index contributed by atoms with van der Waals surface area (Å²) in [6, 6.07) is 0.618. The van der Waals surface area contributed by atoms with E-state index in [1.807, 2.05) is 0 Å². The Labute approximate surface area is 291 Å². The van der Waals surface area contributed by atoms with Crippen molar-refractivity contribution in [2.45, 2.75) is 264 Å². The maximum atomic E-state index is 3.76. The fourth-order valence-corrected chi connectivity index (χ4v) is 7.66. The molecule has 0 saturated carbocycles. The van der Waals surface area contributed by atoms with Gasteiger partial charge in [0.1, 0.15) is 12.4 Å². The Bertz CT molecular complexity index is 709. The predicted octanol–water partition coefficient (Wildman–Crippen LogP) is 15.7. The van der Waals surface area contributed by atoms with Crippen molar-refractivity contribution in [3.63, 3.8) is 0 Å². The van der Waals surface area contributed by atoms with Gasteiger partial charge in [-0.05, 0) is 32.6 Å². The topological polar surface area (TPSA) is 19.7 Å². The summed E-state index contributed by atoms with van der Waals surface area (Å²) in [4.78, 5) is 3.76. The molecule has 2 nitrogen and oxygen atoms in total. The molecule has 0 spiro atoms. The van der Waals surface area contributed by atoms with Gasteiger partial charge in [0.05, 0.1) is 12.0 Å². The first-order valence-corrected chi connectivity index (χ1v) is 21.8. The van der Waals surface area contributed by atoms with Crippen molar-refractivity contribution in [2.75, 3.05) is 0 Å². The number of hydrogen-bond donors (Lipinski definition) is 1. The minimum Gasteiger partial charge on any atom is -0.247 e. The third kappa shape index (κ3) is 25.3. The van der Waals surface area contributed by atoms with Crippen LogP contribution < -0.4 is 4.57 Å². The molecule has 0 aromatic carbocycles. The molecule has 2 atom stereocenters. The first-order valence-electron chi connectivity index (χ1n) is 21.8. The first-order chi connectivity index (χ1) is 22.7. The van der Waals surface area contributed by atoms with Gasteiger partial charge in [-0.3, -0.25) is 0 Å². The molecule has 0 aliphatic carbocycles. The van der Waals surface area contributed by atoms with Gasteiger partial charge in [-0.15, -0.1) is 0 Å². The number of aromatic nitrogens is 2. The summed E-state index contributed by atoms with van der Waals surface area (Å²) in [6.45, 7) is 9.43. The smallest absolute Gasteiger partial charge is 0.247 e. The molecule has 46 heavy (non-hydrogen) atoms. The van der Waals surface area contributed by atoms with Crippen LogP contribution in [0.25, 0.3) is 0 Å². The molecular formula is C44H87N2+. The molecule has 0 aliphatic rings. The van der Waals surface area contributed by atoms with Crippen LogP contribution in [0.4, 0.5) is 0 Å². The number of unbranched alkanes of at least 4 members (excludes halogenated alkanes) is 29. The van der Waals surface area contributed by atoms with Crippen molar-refractivity contribution in [1.82, 2.24) is 4.98 Å². The van der Waals surface area contributed by atoms with E-state index in [4.69, 9.17) is 0 Å². The molecule has 1 aromatic rings. The molecule has 0 radical (unpaired) electrons. The van der Waals surface area contributed by atoms with Crippen LogP contribution in [-0.2, 0) is 0 Å². The summed E-state index contributed by atoms with van der Waals surface area (Å²) in [5, 5.41) is 0. The minimum absolute atomic E-state index is 0.618. The van der Waals surface area contributed by atoms with Gasteiger partial charge in [-0.2, -0.15) is 0 Å². The molecule has 0 bridgehead atoms. The standard InChI is InChI=1S/C44H86N2/c1-5-8-11-14-17-19-21-23-25-27-30-33-36-39-43(38-35-32-28-16-13-10-7-3)44-45-40-41-46(44)42(4)37-34-31-29-26-24-22-20-18-15-12-9-6-2/h40-43H,5-39H2,1-4H3/p+1. The lowest BCUT2D eigenvalue weighted by molar-refractivity contribution is -0.727. The zero-order chi connectivity index (χ0) is 33.2. The highest BCUT2D eigenvalue weighted by atomic mass is 15.1. The summed E-state index contributed by atoms with van der Waals surface area (Å²) in [5.41, 5.74) is 0. The van der Waals surface area contributed by atoms with E-state index in [-0.39, 0.29) is 0 Å². The third-order valence-corrected chi connectivity index (χ3v) is 10.9. The van der Waals surface area contributed by atoms with Crippen LogP contribution in [0, 0.1) is 0 Å². The molecule has 2 unspecified atom stereocenters. The maximum Gasteiger partial charge on any atom is 0.257 e. The predicted molar refractivity (Wildman–Crippen MR) is 207 cm³/mol. The average Bonchev–Trinajstić information content (AvgIpc) is 3.56. The van der Waals surface area contributed by atoms with Crippen LogP contribution in [0.3, 0.4) is 0 Å². The highest BCUT2D eigenvalue weighted by Crippen LogP contribution is 2.27. The number of imidazole rings is 1. The van der Waals surface area contributed by atoms with Crippen molar-refractivity contribution >= 4 is 0 Å². The van der Waals surface area contributed by atoms with Crippen molar-refractivity contribution in [3.8, 4) is 0 Å². The number of aromatic amines is 1. The van der Waals surface area contributed by atoms with E-state index >= 15 is 0 Å². The van der Waals surface area contributed by atoms with Crippen LogP contribution in [0.2, 0.25) is 0 Å². The molecule has 0 aliphatic heterocycles. The fraction of sp³-hybridized carbons (Fsp3) is 0.932. The van der Waals surface area contributed by atoms with Crippen LogP contribution in [-0.4, -0.2) is 4.98 Å². The Morgan fingerprint density at radius 1 is 0.413 bits per heavy atom. The number of nitrogens with zero attached hydrogens (tertiary/aromatic N) is 1. The molecule has 0 amide bonds. The summed E-state index contributed by atoms with van der Waals surface area (Å²) in [5.74, 6) is 2.25. The van der Waals surface area contributed by atoms with Crippen LogP contribution in [0.1, 0.15) is 270 Å².